The Hall–Kier alpha value is -0.860. The lowest BCUT2D eigenvalue weighted by Crippen LogP contribution is -2.00. The molecule has 0 aromatic rings. The molecule has 15 heavy (non-hydrogen) atoms. The lowest BCUT2D eigenvalue weighted by molar-refractivity contribution is -0.143. The second-order valence-corrected chi connectivity index (χ2v) is 4.02. The number of hydrogen-bond donors (Lipinski definition) is 0. The standard InChI is InChI=1S/C12H23NO2/c1-4-5-6-7-8-9-10-12(14)15-13-11(2)3/h4-10H2,1-3H3. The van der Waals surface area contributed by atoms with Gasteiger partial charge in [0.05, 0.1) is 5.71 Å². The van der Waals surface area contributed by atoms with Crippen molar-refractivity contribution in [3.05, 3.63) is 0 Å². The molecule has 0 atom stereocenters. The van der Waals surface area contributed by atoms with Crippen LogP contribution >= 0.6 is 0 Å². The van der Waals surface area contributed by atoms with Gasteiger partial charge in [0.25, 0.3) is 0 Å². The molecular formula is C12H23NO2. The Morgan fingerprint density at radius 1 is 1.07 bits per heavy atom. The molecule has 0 rings (SSSR count). The molecule has 0 aromatic heterocycles. The van der Waals surface area contributed by atoms with Crippen LogP contribution in [0.25, 0.3) is 0 Å². The maximum absolute atomic E-state index is 11.1. The molecule has 0 aliphatic rings. The largest absolute Gasteiger partial charge is 0.335 e. The summed E-state index contributed by atoms with van der Waals surface area (Å²) < 4.78 is 0. The number of carbonyl (C=O) groups excluding carboxylic acids is 1. The number of hydrogen-bond acceptors (Lipinski definition) is 3. The van der Waals surface area contributed by atoms with Gasteiger partial charge in [-0.15, -0.1) is 0 Å². The summed E-state index contributed by atoms with van der Waals surface area (Å²) in [4.78, 5) is 15.8. The fourth-order valence-corrected chi connectivity index (χ4v) is 1.24. The predicted molar refractivity (Wildman–Crippen MR) is 62.9 cm³/mol. The highest BCUT2D eigenvalue weighted by atomic mass is 16.7. The van der Waals surface area contributed by atoms with E-state index in [1.165, 1.54) is 25.7 Å². The predicted octanol–water partition coefficient (Wildman–Crippen LogP) is 3.68. The first kappa shape index (κ1) is 14.1. The van der Waals surface area contributed by atoms with Gasteiger partial charge in [0.15, 0.2) is 0 Å². The molecule has 0 unspecified atom stereocenters. The number of unbranched alkanes of at least 4 members (excludes halogenated alkanes) is 5. The second kappa shape index (κ2) is 9.69. The zero-order chi connectivity index (χ0) is 11.5. The van der Waals surface area contributed by atoms with Crippen molar-refractivity contribution in [2.24, 2.45) is 5.16 Å². The molecule has 0 amide bonds. The third-order valence-electron chi connectivity index (χ3n) is 2.06. The number of oxime groups is 1. The van der Waals surface area contributed by atoms with Gasteiger partial charge in [-0.25, -0.2) is 4.79 Å². The molecule has 3 heteroatoms. The van der Waals surface area contributed by atoms with Gasteiger partial charge in [0.1, 0.15) is 0 Å². The summed E-state index contributed by atoms with van der Waals surface area (Å²) >= 11 is 0. The number of rotatable bonds is 8. The van der Waals surface area contributed by atoms with E-state index in [0.29, 0.717) is 6.42 Å². The van der Waals surface area contributed by atoms with Crippen molar-refractivity contribution in [1.29, 1.82) is 0 Å². The van der Waals surface area contributed by atoms with E-state index < -0.39 is 0 Å². The second-order valence-electron chi connectivity index (χ2n) is 4.02. The SMILES string of the molecule is CCCCCCCCC(=O)ON=C(C)C. The average molecular weight is 213 g/mol. The van der Waals surface area contributed by atoms with Crippen LogP contribution in [0.5, 0.6) is 0 Å². The first-order valence-corrected chi connectivity index (χ1v) is 5.88. The van der Waals surface area contributed by atoms with E-state index in [4.69, 9.17) is 0 Å². The molecule has 0 spiro atoms. The average Bonchev–Trinajstić information content (AvgIpc) is 2.20. The van der Waals surface area contributed by atoms with Crippen molar-refractivity contribution in [1.82, 2.24) is 0 Å². The van der Waals surface area contributed by atoms with Gasteiger partial charge in [0, 0.05) is 6.42 Å². The molecule has 0 aliphatic heterocycles. The monoisotopic (exact) mass is 213 g/mol. The van der Waals surface area contributed by atoms with Crippen molar-refractivity contribution in [2.75, 3.05) is 0 Å². The van der Waals surface area contributed by atoms with Crippen LogP contribution in [-0.2, 0) is 9.63 Å². The summed E-state index contributed by atoms with van der Waals surface area (Å²) in [6, 6.07) is 0. The van der Waals surface area contributed by atoms with E-state index in [1.807, 2.05) is 0 Å². The Morgan fingerprint density at radius 3 is 2.27 bits per heavy atom. The summed E-state index contributed by atoms with van der Waals surface area (Å²) in [5.41, 5.74) is 0.770. The summed E-state index contributed by atoms with van der Waals surface area (Å²) in [6.45, 7) is 5.80. The van der Waals surface area contributed by atoms with Gasteiger partial charge < -0.3 is 4.84 Å². The van der Waals surface area contributed by atoms with Crippen molar-refractivity contribution in [3.63, 3.8) is 0 Å². The minimum absolute atomic E-state index is 0.216. The van der Waals surface area contributed by atoms with Gasteiger partial charge in [0.2, 0.25) is 0 Å². The van der Waals surface area contributed by atoms with E-state index in [1.54, 1.807) is 13.8 Å². The van der Waals surface area contributed by atoms with E-state index in [0.717, 1.165) is 18.6 Å². The summed E-state index contributed by atoms with van der Waals surface area (Å²) in [5, 5.41) is 3.62. The van der Waals surface area contributed by atoms with Crippen LogP contribution in [0.15, 0.2) is 5.16 Å². The van der Waals surface area contributed by atoms with Crippen LogP contribution in [0.2, 0.25) is 0 Å². The highest BCUT2D eigenvalue weighted by molar-refractivity contribution is 5.79. The van der Waals surface area contributed by atoms with Gasteiger partial charge in [-0.2, -0.15) is 0 Å². The highest BCUT2D eigenvalue weighted by Crippen LogP contribution is 2.07. The third-order valence-corrected chi connectivity index (χ3v) is 2.06. The van der Waals surface area contributed by atoms with Crippen molar-refractivity contribution in [2.45, 2.75) is 65.7 Å². The topological polar surface area (TPSA) is 38.7 Å². The van der Waals surface area contributed by atoms with Gasteiger partial charge in [-0.1, -0.05) is 44.2 Å². The summed E-state index contributed by atoms with van der Waals surface area (Å²) in [6.07, 6.45) is 7.57. The molecule has 3 nitrogen and oxygen atoms in total. The molecular weight excluding hydrogens is 190 g/mol. The zero-order valence-electron chi connectivity index (χ0n) is 10.2. The van der Waals surface area contributed by atoms with Crippen LogP contribution < -0.4 is 0 Å². The lowest BCUT2D eigenvalue weighted by Gasteiger charge is -1.99. The highest BCUT2D eigenvalue weighted by Gasteiger charge is 2.01. The number of carbonyl (C=O) groups is 1. The molecule has 0 bridgehead atoms. The molecule has 0 heterocycles. The first-order chi connectivity index (χ1) is 7.16. The van der Waals surface area contributed by atoms with E-state index in [9.17, 15) is 4.79 Å². The Labute approximate surface area is 92.9 Å². The molecule has 0 saturated carbocycles. The Kier molecular flexibility index (Phi) is 9.13. The normalized spacial score (nSPS) is 9.80. The Balaban J connectivity index is 3.28. The minimum atomic E-state index is -0.216. The molecule has 0 aliphatic carbocycles. The van der Waals surface area contributed by atoms with Gasteiger partial charge >= 0.3 is 5.97 Å². The Bertz CT molecular complexity index is 196. The molecule has 0 saturated heterocycles. The lowest BCUT2D eigenvalue weighted by atomic mass is 10.1. The molecule has 0 aromatic carbocycles. The van der Waals surface area contributed by atoms with Crippen molar-refractivity contribution < 1.29 is 9.63 Å². The van der Waals surface area contributed by atoms with E-state index in [-0.39, 0.29) is 5.97 Å². The smallest absolute Gasteiger partial charge is 0.318 e. The Morgan fingerprint density at radius 2 is 1.67 bits per heavy atom. The van der Waals surface area contributed by atoms with Crippen molar-refractivity contribution >= 4 is 11.7 Å². The molecule has 88 valence electrons. The fourth-order valence-electron chi connectivity index (χ4n) is 1.24. The van der Waals surface area contributed by atoms with Crippen molar-refractivity contribution in [3.8, 4) is 0 Å². The van der Waals surface area contributed by atoms with E-state index >= 15 is 0 Å². The van der Waals surface area contributed by atoms with Gasteiger partial charge in [-0.05, 0) is 20.3 Å². The van der Waals surface area contributed by atoms with Crippen LogP contribution in [0, 0.1) is 0 Å². The van der Waals surface area contributed by atoms with Gasteiger partial charge in [-0.3, -0.25) is 0 Å². The zero-order valence-corrected chi connectivity index (χ0v) is 10.2. The van der Waals surface area contributed by atoms with Crippen LogP contribution in [0.4, 0.5) is 0 Å². The number of nitrogens with zero attached hydrogens (tertiary/aromatic N) is 1. The fraction of sp³-hybridized carbons (Fsp3) is 0.833. The summed E-state index contributed by atoms with van der Waals surface area (Å²) in [5.74, 6) is -0.216. The maximum Gasteiger partial charge on any atom is 0.335 e. The van der Waals surface area contributed by atoms with Crippen LogP contribution in [0.3, 0.4) is 0 Å². The first-order valence-electron chi connectivity index (χ1n) is 5.88. The molecule has 0 fully saturated rings. The third kappa shape index (κ3) is 11.1. The summed E-state index contributed by atoms with van der Waals surface area (Å²) in [7, 11) is 0. The minimum Gasteiger partial charge on any atom is -0.318 e. The van der Waals surface area contributed by atoms with Crippen LogP contribution in [0.1, 0.15) is 65.7 Å². The molecule has 0 N–H and O–H groups in total. The van der Waals surface area contributed by atoms with Crippen LogP contribution in [-0.4, -0.2) is 11.7 Å². The maximum atomic E-state index is 11.1. The van der Waals surface area contributed by atoms with E-state index in [2.05, 4.69) is 16.9 Å². The molecule has 0 radical (unpaired) electrons. The quantitative estimate of drug-likeness (QED) is 0.267.